The Morgan fingerprint density at radius 2 is 2.14 bits per heavy atom. The second-order valence-corrected chi connectivity index (χ2v) is 7.53. The highest BCUT2D eigenvalue weighted by Crippen LogP contribution is 2.44. The zero-order chi connectivity index (χ0) is 20.0. The van der Waals surface area contributed by atoms with Crippen LogP contribution in [0.1, 0.15) is 49.0 Å². The minimum Gasteiger partial charge on any atom is -0.489 e. The largest absolute Gasteiger partial charge is 0.489 e. The molecule has 28 heavy (non-hydrogen) atoms. The molecule has 1 atom stereocenters. The fourth-order valence-electron chi connectivity index (χ4n) is 4.02. The van der Waals surface area contributed by atoms with Crippen molar-refractivity contribution in [3.05, 3.63) is 33.9 Å². The molecule has 1 unspecified atom stereocenters. The summed E-state index contributed by atoms with van der Waals surface area (Å²) in [6.07, 6.45) is 4.85. The van der Waals surface area contributed by atoms with Gasteiger partial charge in [0.05, 0.1) is 17.5 Å². The monoisotopic (exact) mass is 389 g/mol. The molecular formula is C20H24FN3O4. The number of ether oxygens (including phenoxy) is 1. The van der Waals surface area contributed by atoms with Crippen molar-refractivity contribution in [3.63, 3.8) is 0 Å². The number of hydrogen-bond donors (Lipinski definition) is 2. The first-order valence-electron chi connectivity index (χ1n) is 9.70. The van der Waals surface area contributed by atoms with Gasteiger partial charge in [-0.15, -0.1) is 0 Å². The summed E-state index contributed by atoms with van der Waals surface area (Å²) in [5, 5.41) is 9.46. The molecule has 0 spiro atoms. The number of pyridine rings is 1. The van der Waals surface area contributed by atoms with E-state index in [1.807, 2.05) is 4.90 Å². The van der Waals surface area contributed by atoms with E-state index in [4.69, 9.17) is 10.5 Å². The first-order chi connectivity index (χ1) is 13.4. The van der Waals surface area contributed by atoms with E-state index >= 15 is 4.39 Å². The van der Waals surface area contributed by atoms with Gasteiger partial charge in [-0.1, -0.05) is 0 Å². The summed E-state index contributed by atoms with van der Waals surface area (Å²) in [5.41, 5.74) is 5.82. The fourth-order valence-corrected chi connectivity index (χ4v) is 4.02. The van der Waals surface area contributed by atoms with Crippen molar-refractivity contribution in [3.8, 4) is 5.75 Å². The maximum absolute atomic E-state index is 15.2. The molecule has 0 bridgehead atoms. The average molecular weight is 389 g/mol. The number of halogens is 1. The lowest BCUT2D eigenvalue weighted by molar-refractivity contribution is 0.0694. The topological polar surface area (TPSA) is 97.8 Å². The van der Waals surface area contributed by atoms with E-state index in [0.717, 1.165) is 31.7 Å². The Morgan fingerprint density at radius 1 is 1.39 bits per heavy atom. The Bertz CT molecular complexity index is 999. The molecule has 1 aromatic carbocycles. The standard InChI is InChI=1S/C20H24FN3O4/c1-2-28-19-16-13(8-15(21)17(19)23-7-3-4-11(22)9-23)18(25)14(20(26)27)10-24(16)12-5-6-12/h8,10-12H,2-7,9,22H2,1H3,(H,26,27). The number of fused-ring (bicyclic) bond motifs is 1. The number of carboxylic acid groups (broad SMARTS) is 1. The Hall–Kier alpha value is -2.61. The molecule has 1 saturated carbocycles. The molecule has 150 valence electrons. The number of nitrogens with zero attached hydrogens (tertiary/aromatic N) is 2. The zero-order valence-electron chi connectivity index (χ0n) is 15.8. The lowest BCUT2D eigenvalue weighted by atomic mass is 10.0. The summed E-state index contributed by atoms with van der Waals surface area (Å²) in [7, 11) is 0. The van der Waals surface area contributed by atoms with Crippen LogP contribution in [-0.4, -0.2) is 41.4 Å². The summed E-state index contributed by atoms with van der Waals surface area (Å²) in [6, 6.07) is 1.18. The van der Waals surface area contributed by atoms with Gasteiger partial charge in [-0.25, -0.2) is 9.18 Å². The maximum Gasteiger partial charge on any atom is 0.341 e. The molecule has 1 saturated heterocycles. The third-order valence-corrected chi connectivity index (χ3v) is 5.43. The first-order valence-corrected chi connectivity index (χ1v) is 9.70. The molecule has 2 heterocycles. The number of carboxylic acids is 1. The van der Waals surface area contributed by atoms with E-state index < -0.39 is 17.2 Å². The number of anilines is 1. The van der Waals surface area contributed by atoms with Crippen molar-refractivity contribution in [1.82, 2.24) is 4.57 Å². The van der Waals surface area contributed by atoms with Gasteiger partial charge in [0, 0.05) is 31.4 Å². The number of hydrogen-bond acceptors (Lipinski definition) is 5. The summed E-state index contributed by atoms with van der Waals surface area (Å²) in [6.45, 7) is 3.25. The predicted molar refractivity (Wildman–Crippen MR) is 104 cm³/mol. The van der Waals surface area contributed by atoms with Crippen LogP contribution < -0.4 is 20.8 Å². The second kappa shape index (κ2) is 7.09. The summed E-state index contributed by atoms with van der Waals surface area (Å²) < 4.78 is 22.9. The van der Waals surface area contributed by atoms with E-state index in [1.165, 1.54) is 6.20 Å². The van der Waals surface area contributed by atoms with E-state index in [9.17, 15) is 14.7 Å². The van der Waals surface area contributed by atoms with Gasteiger partial charge in [-0.2, -0.15) is 0 Å². The fraction of sp³-hybridized carbons (Fsp3) is 0.500. The number of piperidine rings is 1. The zero-order valence-corrected chi connectivity index (χ0v) is 15.8. The number of benzene rings is 1. The molecule has 0 amide bonds. The third kappa shape index (κ3) is 3.11. The quantitative estimate of drug-likeness (QED) is 0.815. The number of rotatable bonds is 5. The van der Waals surface area contributed by atoms with Crippen LogP contribution in [0.15, 0.2) is 17.1 Å². The van der Waals surface area contributed by atoms with E-state index in [2.05, 4.69) is 0 Å². The third-order valence-electron chi connectivity index (χ3n) is 5.43. The highest BCUT2D eigenvalue weighted by atomic mass is 19.1. The maximum atomic E-state index is 15.2. The normalized spacial score (nSPS) is 19.8. The molecular weight excluding hydrogens is 365 g/mol. The van der Waals surface area contributed by atoms with Crippen molar-refractivity contribution in [2.24, 2.45) is 5.73 Å². The number of carbonyl (C=O) groups is 1. The molecule has 2 aliphatic rings. The second-order valence-electron chi connectivity index (χ2n) is 7.53. The van der Waals surface area contributed by atoms with Crippen LogP contribution in [0.25, 0.3) is 10.9 Å². The van der Waals surface area contributed by atoms with Gasteiger partial charge in [-0.3, -0.25) is 4.79 Å². The van der Waals surface area contributed by atoms with Crippen LogP contribution >= 0.6 is 0 Å². The Morgan fingerprint density at radius 3 is 2.75 bits per heavy atom. The summed E-state index contributed by atoms with van der Waals surface area (Å²) >= 11 is 0. The Kier molecular flexibility index (Phi) is 4.74. The van der Waals surface area contributed by atoms with Gasteiger partial charge < -0.3 is 25.0 Å². The van der Waals surface area contributed by atoms with E-state index in [0.29, 0.717) is 36.6 Å². The van der Waals surface area contributed by atoms with Gasteiger partial charge in [0.2, 0.25) is 5.43 Å². The minimum atomic E-state index is -1.31. The van der Waals surface area contributed by atoms with Crippen LogP contribution in [0.4, 0.5) is 10.1 Å². The van der Waals surface area contributed by atoms with Crippen LogP contribution in [0, 0.1) is 5.82 Å². The van der Waals surface area contributed by atoms with Crippen molar-refractivity contribution in [2.45, 2.75) is 44.7 Å². The lowest BCUT2D eigenvalue weighted by Crippen LogP contribution is -2.43. The van der Waals surface area contributed by atoms with Gasteiger partial charge in [0.25, 0.3) is 0 Å². The SMILES string of the molecule is CCOc1c(N2CCCC(N)C2)c(F)cc2c(=O)c(C(=O)O)cn(C3CC3)c12. The van der Waals surface area contributed by atoms with Crippen LogP contribution in [-0.2, 0) is 0 Å². The Balaban J connectivity index is 2.04. The van der Waals surface area contributed by atoms with Gasteiger partial charge in [-0.05, 0) is 38.7 Å². The van der Waals surface area contributed by atoms with Crippen molar-refractivity contribution < 1.29 is 19.0 Å². The van der Waals surface area contributed by atoms with Gasteiger partial charge >= 0.3 is 5.97 Å². The molecule has 1 aliphatic carbocycles. The number of nitrogens with two attached hydrogens (primary N) is 1. The van der Waals surface area contributed by atoms with Crippen molar-refractivity contribution in [2.75, 3.05) is 24.6 Å². The lowest BCUT2D eigenvalue weighted by Gasteiger charge is -2.34. The molecule has 1 aliphatic heterocycles. The van der Waals surface area contributed by atoms with Crippen molar-refractivity contribution in [1.29, 1.82) is 0 Å². The highest BCUT2D eigenvalue weighted by molar-refractivity contribution is 5.97. The molecule has 4 rings (SSSR count). The molecule has 3 N–H and O–H groups in total. The summed E-state index contributed by atoms with van der Waals surface area (Å²) in [5.74, 6) is -1.61. The molecule has 2 fully saturated rings. The van der Waals surface area contributed by atoms with Gasteiger partial charge in [0.15, 0.2) is 11.6 Å². The minimum absolute atomic E-state index is 0.0396. The molecule has 2 aromatic rings. The van der Waals surface area contributed by atoms with Crippen LogP contribution in [0.2, 0.25) is 0 Å². The predicted octanol–water partition coefficient (Wildman–Crippen LogP) is 2.50. The van der Waals surface area contributed by atoms with E-state index in [1.54, 1.807) is 11.5 Å². The molecule has 0 radical (unpaired) electrons. The molecule has 1 aromatic heterocycles. The van der Waals surface area contributed by atoms with Crippen molar-refractivity contribution >= 4 is 22.6 Å². The average Bonchev–Trinajstić information content (AvgIpc) is 3.47. The highest BCUT2D eigenvalue weighted by Gasteiger charge is 2.32. The van der Waals surface area contributed by atoms with Gasteiger partial charge in [0.1, 0.15) is 11.3 Å². The smallest absolute Gasteiger partial charge is 0.341 e. The molecule has 8 heteroatoms. The first kappa shape index (κ1) is 18.7. The Labute approximate surface area is 161 Å². The van der Waals surface area contributed by atoms with Crippen LogP contribution in [0.5, 0.6) is 5.75 Å². The number of aromatic carboxylic acids is 1. The summed E-state index contributed by atoms with van der Waals surface area (Å²) in [4.78, 5) is 26.2. The van der Waals surface area contributed by atoms with E-state index in [-0.39, 0.29) is 23.0 Å². The van der Waals surface area contributed by atoms with Crippen LogP contribution in [0.3, 0.4) is 0 Å². The molecule has 7 nitrogen and oxygen atoms in total. The number of aromatic nitrogens is 1.